The summed E-state index contributed by atoms with van der Waals surface area (Å²) in [5, 5.41) is 6.50. The van der Waals surface area contributed by atoms with E-state index in [0.717, 1.165) is 29.5 Å². The Labute approximate surface area is 105 Å². The van der Waals surface area contributed by atoms with Crippen LogP contribution >= 0.6 is 11.3 Å². The number of hydrogen-bond acceptors (Lipinski definition) is 4. The van der Waals surface area contributed by atoms with Crippen LogP contribution < -0.4 is 10.1 Å². The van der Waals surface area contributed by atoms with Gasteiger partial charge in [-0.1, -0.05) is 18.2 Å². The molecular formula is C13H16N2OS. The Morgan fingerprint density at radius 2 is 2.12 bits per heavy atom. The highest BCUT2D eigenvalue weighted by molar-refractivity contribution is 7.09. The van der Waals surface area contributed by atoms with Gasteiger partial charge in [-0.15, -0.1) is 11.3 Å². The van der Waals surface area contributed by atoms with Gasteiger partial charge in [-0.3, -0.25) is 0 Å². The number of hydrogen-bond donors (Lipinski definition) is 1. The Balaban J connectivity index is 1.61. The van der Waals surface area contributed by atoms with Crippen LogP contribution in [0, 0.1) is 6.92 Å². The van der Waals surface area contributed by atoms with Crippen LogP contribution in [-0.4, -0.2) is 18.1 Å². The molecule has 1 N–H and O–H groups in total. The van der Waals surface area contributed by atoms with Gasteiger partial charge in [-0.2, -0.15) is 0 Å². The van der Waals surface area contributed by atoms with E-state index in [1.165, 1.54) is 0 Å². The highest BCUT2D eigenvalue weighted by Gasteiger charge is 1.97. The third kappa shape index (κ3) is 4.17. The lowest BCUT2D eigenvalue weighted by atomic mass is 10.3. The number of nitrogens with zero attached hydrogens (tertiary/aromatic N) is 1. The van der Waals surface area contributed by atoms with Crippen LogP contribution in [0.5, 0.6) is 5.75 Å². The minimum Gasteiger partial charge on any atom is -0.492 e. The zero-order chi connectivity index (χ0) is 11.9. The van der Waals surface area contributed by atoms with Crippen LogP contribution in [0.3, 0.4) is 0 Å². The second-order valence-electron chi connectivity index (χ2n) is 3.72. The molecule has 0 saturated heterocycles. The van der Waals surface area contributed by atoms with E-state index < -0.39 is 0 Å². The average molecular weight is 248 g/mol. The molecule has 1 heterocycles. The van der Waals surface area contributed by atoms with Crippen molar-refractivity contribution < 1.29 is 4.74 Å². The smallest absolute Gasteiger partial charge is 0.119 e. The molecule has 0 radical (unpaired) electrons. The van der Waals surface area contributed by atoms with E-state index in [1.54, 1.807) is 11.3 Å². The zero-order valence-corrected chi connectivity index (χ0v) is 10.7. The summed E-state index contributed by atoms with van der Waals surface area (Å²) in [6, 6.07) is 9.85. The van der Waals surface area contributed by atoms with Crippen molar-refractivity contribution in [2.75, 3.05) is 13.2 Å². The molecule has 0 unspecified atom stereocenters. The molecule has 2 aromatic rings. The molecule has 0 bridgehead atoms. The van der Waals surface area contributed by atoms with E-state index in [9.17, 15) is 0 Å². The maximum atomic E-state index is 5.57. The number of nitrogens with one attached hydrogen (secondary N) is 1. The van der Waals surface area contributed by atoms with Crippen LogP contribution in [0.2, 0.25) is 0 Å². The van der Waals surface area contributed by atoms with E-state index in [2.05, 4.69) is 15.7 Å². The summed E-state index contributed by atoms with van der Waals surface area (Å²) >= 11 is 1.69. The van der Waals surface area contributed by atoms with Crippen molar-refractivity contribution >= 4 is 11.3 Å². The number of rotatable bonds is 6. The lowest BCUT2D eigenvalue weighted by Crippen LogP contribution is -2.20. The highest BCUT2D eigenvalue weighted by atomic mass is 32.1. The Kier molecular flexibility index (Phi) is 4.53. The fourth-order valence-electron chi connectivity index (χ4n) is 1.44. The molecule has 0 fully saturated rings. The van der Waals surface area contributed by atoms with Crippen LogP contribution in [0.25, 0.3) is 0 Å². The number of para-hydroxylation sites is 1. The number of thiazole rings is 1. The minimum absolute atomic E-state index is 0.675. The van der Waals surface area contributed by atoms with Gasteiger partial charge in [0.2, 0.25) is 0 Å². The van der Waals surface area contributed by atoms with E-state index >= 15 is 0 Å². The van der Waals surface area contributed by atoms with Gasteiger partial charge < -0.3 is 10.1 Å². The van der Waals surface area contributed by atoms with Crippen molar-refractivity contribution in [2.45, 2.75) is 13.5 Å². The number of aryl methyl sites for hydroxylation is 1. The maximum absolute atomic E-state index is 5.57. The first-order valence-corrected chi connectivity index (χ1v) is 6.52. The monoisotopic (exact) mass is 248 g/mol. The molecule has 1 aromatic heterocycles. The maximum Gasteiger partial charge on any atom is 0.119 e. The molecule has 0 aliphatic rings. The van der Waals surface area contributed by atoms with Gasteiger partial charge in [-0.25, -0.2) is 4.98 Å². The topological polar surface area (TPSA) is 34.1 Å². The van der Waals surface area contributed by atoms with Crippen molar-refractivity contribution in [2.24, 2.45) is 0 Å². The van der Waals surface area contributed by atoms with E-state index in [4.69, 9.17) is 4.74 Å². The van der Waals surface area contributed by atoms with E-state index in [0.29, 0.717) is 6.61 Å². The second kappa shape index (κ2) is 6.37. The molecular weight excluding hydrogens is 232 g/mol. The summed E-state index contributed by atoms with van der Waals surface area (Å²) in [6.07, 6.45) is 0. The first-order valence-electron chi connectivity index (χ1n) is 5.64. The lowest BCUT2D eigenvalue weighted by Gasteiger charge is -2.06. The fourth-order valence-corrected chi connectivity index (χ4v) is 2.18. The standard InChI is InChI=1S/C13H16N2OS/c1-11-10-17-13(15-11)9-14-7-8-16-12-5-3-2-4-6-12/h2-6,10,14H,7-9H2,1H3. The van der Waals surface area contributed by atoms with Gasteiger partial charge >= 0.3 is 0 Å². The van der Waals surface area contributed by atoms with E-state index in [-0.39, 0.29) is 0 Å². The molecule has 0 saturated carbocycles. The van der Waals surface area contributed by atoms with Gasteiger partial charge in [0.05, 0.1) is 0 Å². The first-order chi connectivity index (χ1) is 8.34. The third-order valence-corrected chi connectivity index (χ3v) is 3.20. The Hall–Kier alpha value is -1.39. The normalized spacial score (nSPS) is 10.4. The van der Waals surface area contributed by atoms with Crippen molar-refractivity contribution in [3.63, 3.8) is 0 Å². The van der Waals surface area contributed by atoms with Crippen LogP contribution in [0.1, 0.15) is 10.7 Å². The Bertz CT molecular complexity index is 442. The second-order valence-corrected chi connectivity index (χ2v) is 4.66. The predicted octanol–water partition coefficient (Wildman–Crippen LogP) is 2.62. The number of aromatic nitrogens is 1. The number of benzene rings is 1. The molecule has 90 valence electrons. The average Bonchev–Trinajstić information content (AvgIpc) is 2.76. The number of ether oxygens (including phenoxy) is 1. The first kappa shape index (κ1) is 12.1. The molecule has 0 aliphatic heterocycles. The minimum atomic E-state index is 0.675. The van der Waals surface area contributed by atoms with E-state index in [1.807, 2.05) is 37.3 Å². The van der Waals surface area contributed by atoms with Crippen molar-refractivity contribution in [3.05, 3.63) is 46.4 Å². The largest absolute Gasteiger partial charge is 0.492 e. The Morgan fingerprint density at radius 3 is 2.82 bits per heavy atom. The molecule has 2 rings (SSSR count). The quantitative estimate of drug-likeness (QED) is 0.798. The molecule has 4 heteroatoms. The summed E-state index contributed by atoms with van der Waals surface area (Å²) in [5.41, 5.74) is 1.09. The Morgan fingerprint density at radius 1 is 1.29 bits per heavy atom. The van der Waals surface area contributed by atoms with Crippen LogP contribution in [-0.2, 0) is 6.54 Å². The third-order valence-electron chi connectivity index (χ3n) is 2.23. The highest BCUT2D eigenvalue weighted by Crippen LogP contribution is 2.08. The van der Waals surface area contributed by atoms with Gasteiger partial charge in [0.15, 0.2) is 0 Å². The van der Waals surface area contributed by atoms with Crippen molar-refractivity contribution in [1.29, 1.82) is 0 Å². The SMILES string of the molecule is Cc1csc(CNCCOc2ccccc2)n1. The molecule has 0 aliphatic carbocycles. The van der Waals surface area contributed by atoms with Crippen LogP contribution in [0.15, 0.2) is 35.7 Å². The summed E-state index contributed by atoms with van der Waals surface area (Å²) in [7, 11) is 0. The summed E-state index contributed by atoms with van der Waals surface area (Å²) < 4.78 is 5.57. The van der Waals surface area contributed by atoms with Gasteiger partial charge in [0.25, 0.3) is 0 Å². The van der Waals surface area contributed by atoms with Crippen molar-refractivity contribution in [1.82, 2.24) is 10.3 Å². The van der Waals surface area contributed by atoms with Crippen LogP contribution in [0.4, 0.5) is 0 Å². The van der Waals surface area contributed by atoms with Crippen molar-refractivity contribution in [3.8, 4) is 5.75 Å². The molecule has 1 aromatic carbocycles. The van der Waals surface area contributed by atoms with Gasteiger partial charge in [-0.05, 0) is 19.1 Å². The molecule has 17 heavy (non-hydrogen) atoms. The predicted molar refractivity (Wildman–Crippen MR) is 70.5 cm³/mol. The fraction of sp³-hybridized carbons (Fsp3) is 0.308. The molecule has 0 amide bonds. The molecule has 0 atom stereocenters. The van der Waals surface area contributed by atoms with Gasteiger partial charge in [0.1, 0.15) is 17.4 Å². The molecule has 3 nitrogen and oxygen atoms in total. The summed E-state index contributed by atoms with van der Waals surface area (Å²) in [6.45, 7) is 4.33. The van der Waals surface area contributed by atoms with Gasteiger partial charge in [0, 0.05) is 24.2 Å². The lowest BCUT2D eigenvalue weighted by molar-refractivity contribution is 0.313. The zero-order valence-electron chi connectivity index (χ0n) is 9.85. The molecule has 0 spiro atoms. The summed E-state index contributed by atoms with van der Waals surface area (Å²) in [5.74, 6) is 0.916. The summed E-state index contributed by atoms with van der Waals surface area (Å²) in [4.78, 5) is 4.38.